The van der Waals surface area contributed by atoms with Gasteiger partial charge in [-0.1, -0.05) is 77.3 Å². The van der Waals surface area contributed by atoms with Gasteiger partial charge in [-0.2, -0.15) is 0 Å². The van der Waals surface area contributed by atoms with Gasteiger partial charge in [-0.3, -0.25) is 5.10 Å². The molecule has 258 valence electrons. The van der Waals surface area contributed by atoms with Crippen LogP contribution in [0.1, 0.15) is 126 Å². The lowest BCUT2D eigenvalue weighted by Gasteiger charge is -2.45. The highest BCUT2D eigenvalue weighted by Gasteiger charge is 2.36. The summed E-state index contributed by atoms with van der Waals surface area (Å²) >= 11 is 0. The number of rotatable bonds is 12. The van der Waals surface area contributed by atoms with Crippen molar-refractivity contribution in [1.29, 1.82) is 0 Å². The Hall–Kier alpha value is -2.23. The largest absolute Gasteiger partial charge is 0.446 e. The first-order valence-electron chi connectivity index (χ1n) is 18.1. The number of hydrogen-bond donors (Lipinski definition) is 4. The molecule has 0 radical (unpaired) electrons. The standard InChI is InChI=1S/C33H50N4O4.C5H12/c1-23(2)31-29(32(36-35-31)41-30-20-27(39)19-28(21-38)40-30)18-26-9-8-25(17-24(26)3)7-4-5-15-37-16-6-10-33(22-37)11-13-34-14-12-33;1-3-5-4-2/h4,7-9,17,23,27-28,30,34,38-39H,5-6,10-16,18-22H2,1-3H3,(H,35,36);3-5H2,1-2H3/b7-4+;. The van der Waals surface area contributed by atoms with Crippen LogP contribution in [0.25, 0.3) is 6.08 Å². The lowest BCUT2D eigenvalue weighted by Crippen LogP contribution is -2.48. The Morgan fingerprint density at radius 3 is 2.61 bits per heavy atom. The van der Waals surface area contributed by atoms with Crippen molar-refractivity contribution in [2.75, 3.05) is 39.3 Å². The number of likely N-dealkylation sites (tertiary alicyclic amines) is 1. The number of aliphatic hydroxyl groups excluding tert-OH is 2. The SMILES string of the molecule is CCCCC.Cc1cc(/C=C/CCN2CCCC3(CCNCC3)C2)ccc1Cc1c(OC2CC(O)CC(CO)O2)n[nH]c1C(C)C. The van der Waals surface area contributed by atoms with Crippen molar-refractivity contribution in [3.05, 3.63) is 52.2 Å². The molecule has 3 unspecified atom stereocenters. The fourth-order valence-electron chi connectivity index (χ4n) is 7.28. The molecule has 1 spiro atoms. The number of aryl methyl sites for hydroxylation is 1. The van der Waals surface area contributed by atoms with Crippen LogP contribution >= 0.6 is 0 Å². The summed E-state index contributed by atoms with van der Waals surface area (Å²) in [6.07, 6.45) is 15.0. The number of nitrogens with one attached hydrogen (secondary N) is 2. The molecule has 3 aliphatic rings. The Bertz CT molecular complexity index is 1200. The zero-order chi connectivity index (χ0) is 32.9. The van der Waals surface area contributed by atoms with Gasteiger partial charge in [-0.15, -0.1) is 5.10 Å². The lowest BCUT2D eigenvalue weighted by atomic mass is 9.73. The van der Waals surface area contributed by atoms with Crippen LogP contribution in [0.3, 0.4) is 0 Å². The van der Waals surface area contributed by atoms with Crippen LogP contribution in [0.4, 0.5) is 0 Å². The maximum absolute atomic E-state index is 10.2. The Balaban J connectivity index is 0.000000892. The van der Waals surface area contributed by atoms with Crippen LogP contribution in [0.15, 0.2) is 24.3 Å². The maximum Gasteiger partial charge on any atom is 0.238 e. The van der Waals surface area contributed by atoms with Crippen LogP contribution in [0.5, 0.6) is 5.88 Å². The van der Waals surface area contributed by atoms with E-state index in [0.717, 1.165) is 24.2 Å². The molecule has 46 heavy (non-hydrogen) atoms. The van der Waals surface area contributed by atoms with Crippen molar-refractivity contribution in [2.45, 2.75) is 130 Å². The monoisotopic (exact) mass is 638 g/mol. The molecular weight excluding hydrogens is 576 g/mol. The van der Waals surface area contributed by atoms with E-state index >= 15 is 0 Å². The Morgan fingerprint density at radius 2 is 1.93 bits per heavy atom. The topological polar surface area (TPSA) is 103 Å². The van der Waals surface area contributed by atoms with Gasteiger partial charge < -0.3 is 29.9 Å². The number of nitrogens with zero attached hydrogens (tertiary/aromatic N) is 2. The molecule has 3 aliphatic heterocycles. The first kappa shape index (κ1) is 36.6. The van der Waals surface area contributed by atoms with Crippen LogP contribution in [0, 0.1) is 12.3 Å². The number of hydrogen-bond acceptors (Lipinski definition) is 7. The molecule has 0 aliphatic carbocycles. The van der Waals surface area contributed by atoms with Gasteiger partial charge in [-0.05, 0) is 86.7 Å². The summed E-state index contributed by atoms with van der Waals surface area (Å²) in [7, 11) is 0. The molecule has 0 amide bonds. The van der Waals surface area contributed by atoms with Gasteiger partial charge in [0.25, 0.3) is 0 Å². The summed E-state index contributed by atoms with van der Waals surface area (Å²) in [4.78, 5) is 2.69. The third-order valence-corrected chi connectivity index (χ3v) is 10.00. The second-order valence-electron chi connectivity index (χ2n) is 14.2. The van der Waals surface area contributed by atoms with E-state index in [1.54, 1.807) is 0 Å². The Morgan fingerprint density at radius 1 is 1.15 bits per heavy atom. The van der Waals surface area contributed by atoms with E-state index < -0.39 is 18.5 Å². The highest BCUT2D eigenvalue weighted by molar-refractivity contribution is 5.52. The van der Waals surface area contributed by atoms with Crippen LogP contribution in [-0.4, -0.2) is 83.1 Å². The predicted octanol–water partition coefficient (Wildman–Crippen LogP) is 6.73. The summed E-state index contributed by atoms with van der Waals surface area (Å²) in [6.45, 7) is 16.7. The van der Waals surface area contributed by atoms with Crippen molar-refractivity contribution in [3.63, 3.8) is 0 Å². The van der Waals surface area contributed by atoms with E-state index in [-0.39, 0.29) is 12.5 Å². The van der Waals surface area contributed by atoms with E-state index in [4.69, 9.17) is 9.47 Å². The summed E-state index contributed by atoms with van der Waals surface area (Å²) < 4.78 is 12.0. The van der Waals surface area contributed by atoms with Gasteiger partial charge in [0, 0.05) is 43.6 Å². The number of ether oxygens (including phenoxy) is 2. The summed E-state index contributed by atoms with van der Waals surface area (Å²) in [5, 5.41) is 30.9. The lowest BCUT2D eigenvalue weighted by molar-refractivity contribution is -0.186. The molecule has 3 fully saturated rings. The van der Waals surface area contributed by atoms with E-state index in [2.05, 4.69) is 85.4 Å². The number of aromatic nitrogens is 2. The van der Waals surface area contributed by atoms with Crippen molar-refractivity contribution in [3.8, 4) is 5.88 Å². The number of aromatic amines is 1. The molecule has 0 saturated carbocycles. The molecule has 2 aromatic rings. The molecule has 4 N–H and O–H groups in total. The van der Waals surface area contributed by atoms with Gasteiger partial charge in [0.05, 0.1) is 18.8 Å². The van der Waals surface area contributed by atoms with E-state index in [9.17, 15) is 10.2 Å². The maximum atomic E-state index is 10.2. The van der Waals surface area contributed by atoms with Crippen molar-refractivity contribution in [1.82, 2.24) is 20.4 Å². The van der Waals surface area contributed by atoms with E-state index in [1.807, 2.05) is 0 Å². The molecule has 8 heteroatoms. The minimum atomic E-state index is -0.637. The van der Waals surface area contributed by atoms with Gasteiger partial charge in [0.15, 0.2) is 0 Å². The minimum Gasteiger partial charge on any atom is -0.446 e. The summed E-state index contributed by atoms with van der Waals surface area (Å²) in [5.74, 6) is 0.766. The normalized spacial score (nSPS) is 23.5. The Labute approximate surface area is 278 Å². The first-order chi connectivity index (χ1) is 22.3. The second-order valence-corrected chi connectivity index (χ2v) is 14.2. The molecule has 5 rings (SSSR count). The molecule has 0 bridgehead atoms. The van der Waals surface area contributed by atoms with Gasteiger partial charge in [0.2, 0.25) is 12.2 Å². The second kappa shape index (κ2) is 18.3. The number of aliphatic hydroxyl groups is 2. The zero-order valence-corrected chi connectivity index (χ0v) is 29.3. The third kappa shape index (κ3) is 10.6. The van der Waals surface area contributed by atoms with E-state index in [1.165, 1.54) is 87.8 Å². The first-order valence-corrected chi connectivity index (χ1v) is 18.1. The Kier molecular flexibility index (Phi) is 14.6. The molecule has 1 aromatic heterocycles. The van der Waals surface area contributed by atoms with E-state index in [0.29, 0.717) is 30.6 Å². The molecule has 1 aromatic carbocycles. The highest BCUT2D eigenvalue weighted by atomic mass is 16.7. The number of H-pyrrole nitrogens is 1. The fraction of sp³-hybridized carbons (Fsp3) is 0.711. The van der Waals surface area contributed by atoms with Crippen LogP contribution in [-0.2, 0) is 11.2 Å². The average Bonchev–Trinajstić information content (AvgIpc) is 3.43. The third-order valence-electron chi connectivity index (χ3n) is 10.00. The van der Waals surface area contributed by atoms with Crippen molar-refractivity contribution in [2.24, 2.45) is 5.41 Å². The minimum absolute atomic E-state index is 0.140. The molecular formula is C38H62N4O4. The predicted molar refractivity (Wildman–Crippen MR) is 187 cm³/mol. The molecule has 8 nitrogen and oxygen atoms in total. The van der Waals surface area contributed by atoms with Gasteiger partial charge in [0.1, 0.15) is 0 Å². The van der Waals surface area contributed by atoms with Gasteiger partial charge in [-0.25, -0.2) is 0 Å². The summed E-state index contributed by atoms with van der Waals surface area (Å²) in [6, 6.07) is 6.68. The zero-order valence-electron chi connectivity index (χ0n) is 29.3. The summed E-state index contributed by atoms with van der Waals surface area (Å²) in [5.41, 5.74) is 6.32. The number of unbranched alkanes of at least 4 members (excludes halogenated alkanes) is 2. The van der Waals surface area contributed by atoms with Crippen molar-refractivity contribution < 1.29 is 19.7 Å². The molecule has 3 saturated heterocycles. The quantitative estimate of drug-likeness (QED) is 0.204. The highest BCUT2D eigenvalue weighted by Crippen LogP contribution is 2.38. The number of benzene rings is 1. The van der Waals surface area contributed by atoms with Crippen molar-refractivity contribution >= 4 is 6.08 Å². The average molecular weight is 639 g/mol. The fourth-order valence-corrected chi connectivity index (χ4v) is 7.28. The molecule has 3 atom stereocenters. The van der Waals surface area contributed by atoms with Crippen LogP contribution in [0.2, 0.25) is 0 Å². The van der Waals surface area contributed by atoms with Crippen LogP contribution < -0.4 is 10.1 Å². The smallest absolute Gasteiger partial charge is 0.238 e. The number of piperidine rings is 2. The molecule has 4 heterocycles. The van der Waals surface area contributed by atoms with Gasteiger partial charge >= 0.3 is 0 Å².